The molecule has 16 heavy (non-hydrogen) atoms. The minimum atomic E-state index is -0.439. The van der Waals surface area contributed by atoms with Gasteiger partial charge in [0.1, 0.15) is 5.82 Å². The number of carbonyl (C=O) groups excluding carboxylic acids is 1. The van der Waals surface area contributed by atoms with Crippen LogP contribution < -0.4 is 10.6 Å². The van der Waals surface area contributed by atoms with Crippen molar-refractivity contribution < 1.29 is 4.79 Å². The number of hydrogen-bond donors (Lipinski definition) is 2. The van der Waals surface area contributed by atoms with Crippen LogP contribution in [0.15, 0.2) is 18.3 Å². The number of aromatic nitrogens is 1. The normalized spacial score (nSPS) is 23.0. The summed E-state index contributed by atoms with van der Waals surface area (Å²) in [6, 6.07) is 3.86. The summed E-state index contributed by atoms with van der Waals surface area (Å²) >= 11 is 0. The zero-order valence-corrected chi connectivity index (χ0v) is 9.71. The van der Waals surface area contributed by atoms with Crippen LogP contribution >= 0.6 is 0 Å². The molecule has 4 heteroatoms. The first-order valence-corrected chi connectivity index (χ1v) is 5.66. The van der Waals surface area contributed by atoms with E-state index in [-0.39, 0.29) is 5.91 Å². The van der Waals surface area contributed by atoms with Crippen molar-refractivity contribution in [3.8, 4) is 0 Å². The molecular weight excluding hydrogens is 202 g/mol. The molecule has 1 aromatic rings. The maximum atomic E-state index is 12.0. The Kier molecular flexibility index (Phi) is 2.92. The molecule has 0 fully saturated rings. The van der Waals surface area contributed by atoms with Crippen LogP contribution in [-0.4, -0.2) is 24.0 Å². The molecule has 1 aliphatic heterocycles. The van der Waals surface area contributed by atoms with Crippen LogP contribution in [0, 0.1) is 0 Å². The van der Waals surface area contributed by atoms with E-state index in [4.69, 9.17) is 0 Å². The average molecular weight is 219 g/mol. The number of nitrogens with zero attached hydrogens (tertiary/aromatic N) is 1. The third kappa shape index (κ3) is 1.69. The van der Waals surface area contributed by atoms with Crippen LogP contribution in [0.3, 0.4) is 0 Å². The van der Waals surface area contributed by atoms with Crippen molar-refractivity contribution in [1.29, 1.82) is 0 Å². The largest absolute Gasteiger partial charge is 0.317 e. The van der Waals surface area contributed by atoms with Crippen molar-refractivity contribution in [3.05, 3.63) is 23.9 Å². The second-order valence-electron chi connectivity index (χ2n) is 4.29. The van der Waals surface area contributed by atoms with Crippen LogP contribution in [0.4, 0.5) is 5.82 Å². The zero-order valence-electron chi connectivity index (χ0n) is 9.71. The zero-order chi connectivity index (χ0) is 11.6. The molecule has 2 rings (SSSR count). The number of nitrogens with one attached hydrogen (secondary N) is 2. The highest BCUT2D eigenvalue weighted by atomic mass is 16.2. The molecule has 2 heterocycles. The number of rotatable bonds is 4. The van der Waals surface area contributed by atoms with Crippen LogP contribution in [0.5, 0.6) is 0 Å². The summed E-state index contributed by atoms with van der Waals surface area (Å²) in [5.41, 5.74) is 0.573. The van der Waals surface area contributed by atoms with Gasteiger partial charge in [0.05, 0.1) is 5.41 Å². The number of hydrogen-bond acceptors (Lipinski definition) is 3. The lowest BCUT2D eigenvalue weighted by Crippen LogP contribution is -2.34. The van der Waals surface area contributed by atoms with Gasteiger partial charge in [-0.1, -0.05) is 13.0 Å². The van der Waals surface area contributed by atoms with Gasteiger partial charge >= 0.3 is 0 Å². The van der Waals surface area contributed by atoms with Crippen molar-refractivity contribution in [2.45, 2.75) is 25.7 Å². The van der Waals surface area contributed by atoms with Gasteiger partial charge in [0.15, 0.2) is 0 Å². The first-order valence-electron chi connectivity index (χ1n) is 5.66. The van der Waals surface area contributed by atoms with E-state index in [1.807, 2.05) is 19.1 Å². The molecule has 0 saturated carbocycles. The van der Waals surface area contributed by atoms with Gasteiger partial charge in [0, 0.05) is 11.8 Å². The van der Waals surface area contributed by atoms with E-state index >= 15 is 0 Å². The standard InChI is InChI=1S/C12H17N3O/c1-3-13-8-6-12(2)9-5-4-7-14-10(9)15-11(12)16/h4-5,7,13H,3,6,8H2,1-2H3,(H,14,15,16). The lowest BCUT2D eigenvalue weighted by molar-refractivity contribution is -0.120. The molecule has 1 aromatic heterocycles. The predicted octanol–water partition coefficient (Wildman–Crippen LogP) is 1.29. The Balaban J connectivity index is 2.23. The fourth-order valence-corrected chi connectivity index (χ4v) is 2.08. The predicted molar refractivity (Wildman–Crippen MR) is 63.4 cm³/mol. The van der Waals surface area contributed by atoms with Gasteiger partial charge < -0.3 is 10.6 Å². The van der Waals surface area contributed by atoms with Crippen LogP contribution in [0.2, 0.25) is 0 Å². The highest BCUT2D eigenvalue weighted by molar-refractivity contribution is 6.04. The second-order valence-corrected chi connectivity index (χ2v) is 4.29. The molecule has 0 spiro atoms. The Labute approximate surface area is 95.5 Å². The van der Waals surface area contributed by atoms with Crippen molar-refractivity contribution in [2.24, 2.45) is 0 Å². The van der Waals surface area contributed by atoms with Crippen molar-refractivity contribution in [1.82, 2.24) is 10.3 Å². The summed E-state index contributed by atoms with van der Waals surface area (Å²) in [5.74, 6) is 0.769. The molecule has 4 nitrogen and oxygen atoms in total. The van der Waals surface area contributed by atoms with Crippen molar-refractivity contribution in [2.75, 3.05) is 18.4 Å². The minimum absolute atomic E-state index is 0.0547. The van der Waals surface area contributed by atoms with Gasteiger partial charge in [-0.25, -0.2) is 4.98 Å². The fraction of sp³-hybridized carbons (Fsp3) is 0.500. The first kappa shape index (κ1) is 11.1. The Morgan fingerprint density at radius 3 is 3.12 bits per heavy atom. The maximum absolute atomic E-state index is 12.0. The quantitative estimate of drug-likeness (QED) is 0.750. The molecular formula is C12H17N3O. The average Bonchev–Trinajstić information content (AvgIpc) is 2.53. The molecule has 1 amide bonds. The van der Waals surface area contributed by atoms with Gasteiger partial charge in [0.25, 0.3) is 0 Å². The topological polar surface area (TPSA) is 54.0 Å². The van der Waals surface area contributed by atoms with E-state index in [2.05, 4.69) is 22.5 Å². The Bertz CT molecular complexity index is 405. The molecule has 0 aliphatic carbocycles. The first-order chi connectivity index (χ1) is 7.68. The number of amides is 1. The highest BCUT2D eigenvalue weighted by Gasteiger charge is 2.42. The molecule has 2 N–H and O–H groups in total. The molecule has 86 valence electrons. The van der Waals surface area contributed by atoms with E-state index < -0.39 is 5.41 Å². The van der Waals surface area contributed by atoms with Crippen LogP contribution in [0.1, 0.15) is 25.8 Å². The summed E-state index contributed by atoms with van der Waals surface area (Å²) in [5, 5.41) is 6.09. The summed E-state index contributed by atoms with van der Waals surface area (Å²) in [6.45, 7) is 5.81. The SMILES string of the molecule is CCNCCC1(C)C(=O)Nc2ncccc21. The van der Waals surface area contributed by atoms with Crippen molar-refractivity contribution in [3.63, 3.8) is 0 Å². The van der Waals surface area contributed by atoms with Gasteiger partial charge in [-0.3, -0.25) is 4.79 Å². The Morgan fingerprint density at radius 2 is 2.38 bits per heavy atom. The van der Waals surface area contributed by atoms with E-state index in [0.29, 0.717) is 5.82 Å². The van der Waals surface area contributed by atoms with Crippen molar-refractivity contribution >= 4 is 11.7 Å². The summed E-state index contributed by atoms with van der Waals surface area (Å²) in [4.78, 5) is 16.1. The molecule has 0 bridgehead atoms. The summed E-state index contributed by atoms with van der Waals surface area (Å²) in [6.07, 6.45) is 2.50. The minimum Gasteiger partial charge on any atom is -0.317 e. The molecule has 0 aromatic carbocycles. The maximum Gasteiger partial charge on any atom is 0.236 e. The van der Waals surface area contributed by atoms with Gasteiger partial charge in [-0.05, 0) is 32.5 Å². The number of fused-ring (bicyclic) bond motifs is 1. The van der Waals surface area contributed by atoms with E-state index in [1.165, 1.54) is 0 Å². The van der Waals surface area contributed by atoms with E-state index in [0.717, 1.165) is 25.1 Å². The third-order valence-electron chi connectivity index (χ3n) is 3.19. The Morgan fingerprint density at radius 1 is 1.56 bits per heavy atom. The van der Waals surface area contributed by atoms with E-state index in [1.54, 1.807) is 6.20 Å². The van der Waals surface area contributed by atoms with Crippen LogP contribution in [0.25, 0.3) is 0 Å². The van der Waals surface area contributed by atoms with Gasteiger partial charge in [-0.2, -0.15) is 0 Å². The summed E-state index contributed by atoms with van der Waals surface area (Å²) < 4.78 is 0. The molecule has 0 radical (unpaired) electrons. The number of anilines is 1. The lowest BCUT2D eigenvalue weighted by Gasteiger charge is -2.21. The fourth-order valence-electron chi connectivity index (χ4n) is 2.08. The molecule has 1 aliphatic rings. The molecule has 0 saturated heterocycles. The lowest BCUT2D eigenvalue weighted by atomic mass is 9.81. The monoisotopic (exact) mass is 219 g/mol. The number of pyridine rings is 1. The van der Waals surface area contributed by atoms with Crippen LogP contribution in [-0.2, 0) is 10.2 Å². The van der Waals surface area contributed by atoms with E-state index in [9.17, 15) is 4.79 Å². The van der Waals surface area contributed by atoms with Gasteiger partial charge in [-0.15, -0.1) is 0 Å². The van der Waals surface area contributed by atoms with Gasteiger partial charge in [0.2, 0.25) is 5.91 Å². The number of carbonyl (C=O) groups is 1. The highest BCUT2D eigenvalue weighted by Crippen LogP contribution is 2.38. The summed E-state index contributed by atoms with van der Waals surface area (Å²) in [7, 11) is 0. The second kappa shape index (κ2) is 4.22. The Hall–Kier alpha value is -1.42. The molecule has 1 atom stereocenters. The third-order valence-corrected chi connectivity index (χ3v) is 3.19. The smallest absolute Gasteiger partial charge is 0.236 e. The molecule has 1 unspecified atom stereocenters.